The van der Waals surface area contributed by atoms with E-state index >= 15 is 0 Å². The Morgan fingerprint density at radius 1 is 1.00 bits per heavy atom. The second-order valence-electron chi connectivity index (χ2n) is 4.67. The van der Waals surface area contributed by atoms with Crippen LogP contribution in [0.5, 0.6) is 0 Å². The van der Waals surface area contributed by atoms with Gasteiger partial charge in [-0.1, -0.05) is 0 Å². The highest BCUT2D eigenvalue weighted by Crippen LogP contribution is 2.29. The lowest BCUT2D eigenvalue weighted by Gasteiger charge is -2.41. The number of ether oxygens (including phenoxy) is 5. The van der Waals surface area contributed by atoms with E-state index in [9.17, 15) is 18.8 Å². The van der Waals surface area contributed by atoms with E-state index < -0.39 is 48.7 Å². The molecule has 0 aromatic rings. The fourth-order valence-electron chi connectivity index (χ4n) is 2.03. The molecule has 126 valence electrons. The molecule has 0 bridgehead atoms. The topological polar surface area (TPSA) is 97.4 Å². The number of hydrogen-bond acceptors (Lipinski definition) is 8. The summed E-state index contributed by atoms with van der Waals surface area (Å²) in [6.45, 7) is 2.99. The molecule has 9 heteroatoms. The van der Waals surface area contributed by atoms with Crippen LogP contribution in [-0.2, 0) is 38.1 Å². The van der Waals surface area contributed by atoms with Crippen LogP contribution in [-0.4, -0.2) is 62.4 Å². The summed E-state index contributed by atoms with van der Waals surface area (Å²) in [5.74, 6) is -2.08. The Labute approximate surface area is 126 Å². The summed E-state index contributed by atoms with van der Waals surface area (Å²) in [6.07, 6.45) is -6.94. The molecule has 22 heavy (non-hydrogen) atoms. The van der Waals surface area contributed by atoms with Crippen molar-refractivity contribution in [1.29, 1.82) is 0 Å². The molecular weight excluding hydrogens is 303 g/mol. The normalized spacial score (nSPS) is 31.2. The Morgan fingerprint density at radius 3 is 2.00 bits per heavy atom. The van der Waals surface area contributed by atoms with Crippen LogP contribution in [0.1, 0.15) is 20.8 Å². The lowest BCUT2D eigenvalue weighted by Crippen LogP contribution is -2.60. The summed E-state index contributed by atoms with van der Waals surface area (Å²) in [6, 6.07) is 0. The summed E-state index contributed by atoms with van der Waals surface area (Å²) in [4.78, 5) is 33.1. The first-order valence-corrected chi connectivity index (χ1v) is 6.56. The van der Waals surface area contributed by atoms with Gasteiger partial charge in [0.1, 0.15) is 12.7 Å². The second-order valence-corrected chi connectivity index (χ2v) is 4.67. The van der Waals surface area contributed by atoms with Crippen molar-refractivity contribution in [3.63, 3.8) is 0 Å². The minimum atomic E-state index is -1.86. The van der Waals surface area contributed by atoms with Crippen LogP contribution >= 0.6 is 0 Å². The molecular formula is C13H19FO8. The van der Waals surface area contributed by atoms with Crippen LogP contribution in [0.4, 0.5) is 4.39 Å². The van der Waals surface area contributed by atoms with Gasteiger partial charge in [-0.15, -0.1) is 0 Å². The van der Waals surface area contributed by atoms with E-state index in [4.69, 9.17) is 23.7 Å². The molecule has 1 heterocycles. The maximum Gasteiger partial charge on any atom is 0.303 e. The molecule has 5 atom stereocenters. The van der Waals surface area contributed by atoms with Crippen molar-refractivity contribution in [2.45, 2.75) is 51.5 Å². The molecule has 0 aromatic carbocycles. The molecule has 0 aromatic heterocycles. The average molecular weight is 322 g/mol. The Bertz CT molecular complexity index is 426. The van der Waals surface area contributed by atoms with Crippen molar-refractivity contribution in [2.24, 2.45) is 0 Å². The van der Waals surface area contributed by atoms with Gasteiger partial charge < -0.3 is 23.7 Å². The maximum atomic E-state index is 14.5. The van der Waals surface area contributed by atoms with E-state index in [-0.39, 0.29) is 6.61 Å². The van der Waals surface area contributed by atoms with Gasteiger partial charge in [-0.2, -0.15) is 0 Å². The largest absolute Gasteiger partial charge is 0.463 e. The second kappa shape index (κ2) is 8.04. The average Bonchev–Trinajstić information content (AvgIpc) is 2.41. The van der Waals surface area contributed by atoms with Gasteiger partial charge in [0.25, 0.3) is 0 Å². The number of methoxy groups -OCH3 is 1. The molecule has 0 N–H and O–H groups in total. The van der Waals surface area contributed by atoms with Crippen LogP contribution in [0, 0.1) is 0 Å². The first-order valence-electron chi connectivity index (χ1n) is 6.56. The van der Waals surface area contributed by atoms with E-state index in [1.165, 1.54) is 7.11 Å². The zero-order valence-corrected chi connectivity index (χ0v) is 12.7. The highest BCUT2D eigenvalue weighted by Gasteiger charge is 2.51. The Morgan fingerprint density at radius 2 is 1.55 bits per heavy atom. The van der Waals surface area contributed by atoms with E-state index in [0.717, 1.165) is 20.8 Å². The number of hydrogen-bond donors (Lipinski definition) is 0. The minimum Gasteiger partial charge on any atom is -0.463 e. The molecule has 1 aliphatic rings. The third-order valence-corrected chi connectivity index (χ3v) is 2.86. The number of alkyl halides is 1. The first-order chi connectivity index (χ1) is 10.3. The highest BCUT2D eigenvalue weighted by molar-refractivity contribution is 5.67. The zero-order chi connectivity index (χ0) is 16.9. The fourth-order valence-corrected chi connectivity index (χ4v) is 2.03. The van der Waals surface area contributed by atoms with Crippen molar-refractivity contribution in [3.8, 4) is 0 Å². The number of carbonyl (C=O) groups excluding carboxylic acids is 3. The molecule has 1 aliphatic heterocycles. The van der Waals surface area contributed by atoms with Crippen molar-refractivity contribution in [1.82, 2.24) is 0 Å². The van der Waals surface area contributed by atoms with E-state index in [2.05, 4.69) is 0 Å². The van der Waals surface area contributed by atoms with Gasteiger partial charge in [0.15, 0.2) is 24.7 Å². The highest BCUT2D eigenvalue weighted by atomic mass is 19.1. The number of rotatable bonds is 5. The summed E-state index contributed by atoms with van der Waals surface area (Å²) >= 11 is 0. The van der Waals surface area contributed by atoms with Crippen molar-refractivity contribution < 1.29 is 42.5 Å². The Balaban J connectivity index is 2.95. The summed E-state index contributed by atoms with van der Waals surface area (Å²) in [5, 5.41) is 0. The smallest absolute Gasteiger partial charge is 0.303 e. The van der Waals surface area contributed by atoms with Gasteiger partial charge in [-0.25, -0.2) is 4.39 Å². The van der Waals surface area contributed by atoms with Crippen molar-refractivity contribution in [3.05, 3.63) is 0 Å². The van der Waals surface area contributed by atoms with Gasteiger partial charge in [0.2, 0.25) is 0 Å². The van der Waals surface area contributed by atoms with Gasteiger partial charge in [-0.05, 0) is 0 Å². The number of halogens is 1. The van der Waals surface area contributed by atoms with Gasteiger partial charge in [0.05, 0.1) is 0 Å². The summed E-state index contributed by atoms with van der Waals surface area (Å²) in [5.41, 5.74) is 0. The molecule has 0 unspecified atom stereocenters. The molecule has 1 fully saturated rings. The molecule has 0 spiro atoms. The molecule has 0 amide bonds. The lowest BCUT2D eigenvalue weighted by atomic mass is 10.00. The summed E-state index contributed by atoms with van der Waals surface area (Å²) < 4.78 is 39.3. The van der Waals surface area contributed by atoms with Crippen molar-refractivity contribution in [2.75, 3.05) is 13.7 Å². The van der Waals surface area contributed by atoms with Gasteiger partial charge >= 0.3 is 17.9 Å². The van der Waals surface area contributed by atoms with Crippen LogP contribution in [0.15, 0.2) is 0 Å². The quantitative estimate of drug-likeness (QED) is 0.520. The molecule has 1 saturated heterocycles. The van der Waals surface area contributed by atoms with Crippen LogP contribution in [0.2, 0.25) is 0 Å². The predicted molar refractivity (Wildman–Crippen MR) is 68.3 cm³/mol. The zero-order valence-electron chi connectivity index (χ0n) is 12.7. The lowest BCUT2D eigenvalue weighted by molar-refractivity contribution is -0.290. The SMILES string of the molecule is CO[C@H]1O[C@@H](COC(C)=O)[C@H](F)[C@H](OC(C)=O)[C@H]1OC(C)=O. The van der Waals surface area contributed by atoms with Crippen LogP contribution in [0.25, 0.3) is 0 Å². The van der Waals surface area contributed by atoms with Gasteiger partial charge in [0, 0.05) is 27.9 Å². The minimum absolute atomic E-state index is 0.388. The van der Waals surface area contributed by atoms with Crippen LogP contribution < -0.4 is 0 Å². The number of carbonyl (C=O) groups is 3. The summed E-state index contributed by atoms with van der Waals surface area (Å²) in [7, 11) is 1.26. The molecule has 8 nitrogen and oxygen atoms in total. The maximum absolute atomic E-state index is 14.5. The Kier molecular flexibility index (Phi) is 6.69. The van der Waals surface area contributed by atoms with Crippen molar-refractivity contribution >= 4 is 17.9 Å². The van der Waals surface area contributed by atoms with Crippen LogP contribution in [0.3, 0.4) is 0 Å². The standard InChI is InChI=1S/C13H19FO8/c1-6(15)19-5-9-10(14)11(20-7(2)16)12(21-8(3)17)13(18-4)22-9/h9-13H,5H2,1-4H3/t9-,10-,11-,12+,13-/m0/s1. The molecule has 1 rings (SSSR count). The fraction of sp³-hybridized carbons (Fsp3) is 0.769. The first kappa shape index (κ1) is 18.3. The van der Waals surface area contributed by atoms with E-state index in [0.29, 0.717) is 0 Å². The third kappa shape index (κ3) is 4.92. The van der Waals surface area contributed by atoms with E-state index in [1.54, 1.807) is 0 Å². The third-order valence-electron chi connectivity index (χ3n) is 2.86. The molecule has 0 radical (unpaired) electrons. The van der Waals surface area contributed by atoms with E-state index in [1.807, 2.05) is 0 Å². The predicted octanol–water partition coefficient (Wildman–Crippen LogP) is 0.122. The number of esters is 3. The molecule has 0 aliphatic carbocycles. The molecule has 0 saturated carbocycles. The Hall–Kier alpha value is -1.74. The van der Waals surface area contributed by atoms with Gasteiger partial charge in [-0.3, -0.25) is 14.4 Å². The monoisotopic (exact) mass is 322 g/mol.